The van der Waals surface area contributed by atoms with E-state index in [1.54, 1.807) is 0 Å². The van der Waals surface area contributed by atoms with E-state index in [9.17, 15) is 0 Å². The lowest BCUT2D eigenvalue weighted by molar-refractivity contribution is 1.08. The molecule has 0 atom stereocenters. The molecule has 10 rings (SSSR count). The number of rotatable bonds is 7. The number of thiophene rings is 1. The number of nitrogens with zero attached hydrogens (tertiary/aromatic N) is 3. The standard InChI is InChI=1S/C51H33N3S/c1-5-16-34(17-6-1)38-24-13-26-40(32-38)42-28-15-29-44-46-45(51-53-49(36-20-9-3-10-21-36)52-50(54-51)37-22-11-4-12-23-37)31-30-43(48(46)55-47(42)44)41-27-14-25-39(33-41)35-18-7-2-8-19-35/h1-33H. The maximum atomic E-state index is 5.20. The first-order valence-electron chi connectivity index (χ1n) is 18.4. The van der Waals surface area contributed by atoms with E-state index in [4.69, 9.17) is 15.0 Å². The Morgan fingerprint density at radius 2 is 0.673 bits per heavy atom. The number of benzene rings is 8. The van der Waals surface area contributed by atoms with E-state index in [0.29, 0.717) is 17.5 Å². The number of hydrogen-bond acceptors (Lipinski definition) is 4. The Morgan fingerprint density at radius 1 is 0.273 bits per heavy atom. The maximum Gasteiger partial charge on any atom is 0.164 e. The molecule has 10 aromatic rings. The highest BCUT2D eigenvalue weighted by Gasteiger charge is 2.21. The molecule has 2 aromatic heterocycles. The van der Waals surface area contributed by atoms with Gasteiger partial charge in [-0.1, -0.05) is 182 Å². The monoisotopic (exact) mass is 719 g/mol. The molecule has 0 spiro atoms. The first kappa shape index (κ1) is 32.6. The van der Waals surface area contributed by atoms with Crippen LogP contribution in [0, 0.1) is 0 Å². The van der Waals surface area contributed by atoms with Gasteiger partial charge in [0.05, 0.1) is 0 Å². The highest BCUT2D eigenvalue weighted by molar-refractivity contribution is 7.27. The summed E-state index contributed by atoms with van der Waals surface area (Å²) in [7, 11) is 0. The smallest absolute Gasteiger partial charge is 0.164 e. The molecule has 258 valence electrons. The van der Waals surface area contributed by atoms with Gasteiger partial charge in [-0.25, -0.2) is 15.0 Å². The molecule has 0 aliphatic heterocycles. The van der Waals surface area contributed by atoms with Crippen LogP contribution >= 0.6 is 11.3 Å². The first-order valence-corrected chi connectivity index (χ1v) is 19.3. The van der Waals surface area contributed by atoms with Crippen LogP contribution < -0.4 is 0 Å². The Bertz CT molecular complexity index is 2900. The van der Waals surface area contributed by atoms with Crippen LogP contribution in [0.25, 0.3) is 98.8 Å². The predicted molar refractivity (Wildman–Crippen MR) is 231 cm³/mol. The van der Waals surface area contributed by atoms with Crippen molar-refractivity contribution >= 4 is 31.5 Å². The van der Waals surface area contributed by atoms with E-state index in [0.717, 1.165) is 22.1 Å². The number of hydrogen-bond donors (Lipinski definition) is 0. The minimum absolute atomic E-state index is 0.648. The second kappa shape index (κ2) is 14.1. The second-order valence-corrected chi connectivity index (χ2v) is 14.6. The van der Waals surface area contributed by atoms with E-state index in [1.165, 1.54) is 59.3 Å². The van der Waals surface area contributed by atoms with Gasteiger partial charge in [0.1, 0.15) is 0 Å². The lowest BCUT2D eigenvalue weighted by Gasteiger charge is -2.12. The van der Waals surface area contributed by atoms with Crippen molar-refractivity contribution in [2.24, 2.45) is 0 Å². The Morgan fingerprint density at radius 3 is 1.20 bits per heavy atom. The summed E-state index contributed by atoms with van der Waals surface area (Å²) in [6.07, 6.45) is 0. The van der Waals surface area contributed by atoms with Crippen molar-refractivity contribution in [2.75, 3.05) is 0 Å². The molecule has 0 amide bonds. The number of fused-ring (bicyclic) bond motifs is 3. The lowest BCUT2D eigenvalue weighted by Crippen LogP contribution is -2.00. The van der Waals surface area contributed by atoms with Gasteiger partial charge in [-0.05, 0) is 62.7 Å². The highest BCUT2D eigenvalue weighted by Crippen LogP contribution is 2.48. The summed E-state index contributed by atoms with van der Waals surface area (Å²) in [5, 5.41) is 2.33. The van der Waals surface area contributed by atoms with Crippen LogP contribution in [0.4, 0.5) is 0 Å². The van der Waals surface area contributed by atoms with Crippen LogP contribution in [-0.4, -0.2) is 15.0 Å². The zero-order chi connectivity index (χ0) is 36.6. The van der Waals surface area contributed by atoms with Gasteiger partial charge in [-0.15, -0.1) is 11.3 Å². The van der Waals surface area contributed by atoms with E-state index in [-0.39, 0.29) is 0 Å². The van der Waals surface area contributed by atoms with Gasteiger partial charge in [0.2, 0.25) is 0 Å². The maximum absolute atomic E-state index is 5.20. The average Bonchev–Trinajstić information content (AvgIpc) is 3.67. The van der Waals surface area contributed by atoms with Crippen molar-refractivity contribution in [3.8, 4) is 78.7 Å². The van der Waals surface area contributed by atoms with E-state index < -0.39 is 0 Å². The molecule has 0 saturated carbocycles. The largest absolute Gasteiger partial charge is 0.208 e. The summed E-state index contributed by atoms with van der Waals surface area (Å²) in [6, 6.07) is 70.5. The van der Waals surface area contributed by atoms with Crippen LogP contribution in [0.1, 0.15) is 0 Å². The molecule has 0 aliphatic rings. The normalized spacial score (nSPS) is 11.3. The number of aromatic nitrogens is 3. The molecule has 3 nitrogen and oxygen atoms in total. The third kappa shape index (κ3) is 6.19. The topological polar surface area (TPSA) is 38.7 Å². The molecule has 0 bridgehead atoms. The summed E-state index contributed by atoms with van der Waals surface area (Å²) in [5.74, 6) is 1.95. The minimum atomic E-state index is 0.648. The molecule has 4 heteroatoms. The minimum Gasteiger partial charge on any atom is -0.208 e. The summed E-state index contributed by atoms with van der Waals surface area (Å²) in [4.78, 5) is 15.4. The fraction of sp³-hybridized carbons (Fsp3) is 0. The van der Waals surface area contributed by atoms with Gasteiger partial charge in [0.15, 0.2) is 17.5 Å². The Kier molecular flexibility index (Phi) is 8.36. The molecule has 2 heterocycles. The zero-order valence-electron chi connectivity index (χ0n) is 29.8. The molecule has 0 radical (unpaired) electrons. The van der Waals surface area contributed by atoms with Crippen molar-refractivity contribution in [3.05, 3.63) is 200 Å². The third-order valence-corrected chi connectivity index (χ3v) is 11.4. The summed E-state index contributed by atoms with van der Waals surface area (Å²) in [6.45, 7) is 0. The molecule has 0 fully saturated rings. The molecular formula is C51H33N3S. The fourth-order valence-corrected chi connectivity index (χ4v) is 8.86. The average molecular weight is 720 g/mol. The Hall–Kier alpha value is -7.01. The van der Waals surface area contributed by atoms with Gasteiger partial charge >= 0.3 is 0 Å². The van der Waals surface area contributed by atoms with E-state index in [1.807, 2.05) is 47.7 Å². The molecule has 55 heavy (non-hydrogen) atoms. The zero-order valence-corrected chi connectivity index (χ0v) is 30.6. The highest BCUT2D eigenvalue weighted by atomic mass is 32.1. The lowest BCUT2D eigenvalue weighted by atomic mass is 9.94. The quantitative estimate of drug-likeness (QED) is 0.165. The molecule has 8 aromatic carbocycles. The Labute approximate surface area is 323 Å². The fourth-order valence-electron chi connectivity index (χ4n) is 7.47. The van der Waals surface area contributed by atoms with Crippen molar-refractivity contribution in [2.45, 2.75) is 0 Å². The third-order valence-electron chi connectivity index (χ3n) is 10.1. The van der Waals surface area contributed by atoms with Gasteiger partial charge in [-0.3, -0.25) is 0 Å². The van der Waals surface area contributed by atoms with Crippen molar-refractivity contribution in [1.82, 2.24) is 15.0 Å². The predicted octanol–water partition coefficient (Wildman–Crippen LogP) is 13.9. The second-order valence-electron chi connectivity index (χ2n) is 13.6. The van der Waals surface area contributed by atoms with Gasteiger partial charge < -0.3 is 0 Å². The van der Waals surface area contributed by atoms with Crippen molar-refractivity contribution < 1.29 is 0 Å². The SMILES string of the molecule is c1ccc(-c2cccc(-c3cccc4c3sc3c(-c5cccc(-c6ccccc6)c5)ccc(-c5nc(-c6ccccc6)nc(-c6ccccc6)n5)c34)c2)cc1. The Balaban J connectivity index is 1.24. The summed E-state index contributed by atoms with van der Waals surface area (Å²) in [5.41, 5.74) is 12.4. The van der Waals surface area contributed by atoms with Crippen LogP contribution in [0.3, 0.4) is 0 Å². The van der Waals surface area contributed by atoms with Crippen LogP contribution in [0.5, 0.6) is 0 Å². The van der Waals surface area contributed by atoms with Crippen molar-refractivity contribution in [1.29, 1.82) is 0 Å². The van der Waals surface area contributed by atoms with Crippen LogP contribution in [-0.2, 0) is 0 Å². The van der Waals surface area contributed by atoms with Gasteiger partial charge in [0.25, 0.3) is 0 Å². The van der Waals surface area contributed by atoms with E-state index >= 15 is 0 Å². The van der Waals surface area contributed by atoms with Gasteiger partial charge in [-0.2, -0.15) is 0 Å². The van der Waals surface area contributed by atoms with E-state index in [2.05, 4.69) is 164 Å². The summed E-state index contributed by atoms with van der Waals surface area (Å²) < 4.78 is 2.43. The van der Waals surface area contributed by atoms with Crippen molar-refractivity contribution in [3.63, 3.8) is 0 Å². The van der Waals surface area contributed by atoms with Gasteiger partial charge in [0, 0.05) is 36.9 Å². The molecule has 0 N–H and O–H groups in total. The molecule has 0 aliphatic carbocycles. The molecular weight excluding hydrogens is 687 g/mol. The van der Waals surface area contributed by atoms with Crippen LogP contribution in [0.2, 0.25) is 0 Å². The first-order chi connectivity index (χ1) is 27.3. The van der Waals surface area contributed by atoms with Crippen LogP contribution in [0.15, 0.2) is 200 Å². The summed E-state index contributed by atoms with van der Waals surface area (Å²) >= 11 is 1.85. The molecule has 0 saturated heterocycles. The molecule has 0 unspecified atom stereocenters.